The van der Waals surface area contributed by atoms with Crippen LogP contribution in [0.1, 0.15) is 33.1 Å². The van der Waals surface area contributed by atoms with Crippen molar-refractivity contribution in [1.82, 2.24) is 10.2 Å². The zero-order valence-corrected chi connectivity index (χ0v) is 11.9. The summed E-state index contributed by atoms with van der Waals surface area (Å²) >= 11 is 0. The fourth-order valence-corrected chi connectivity index (χ4v) is 2.32. The minimum Gasteiger partial charge on any atom is -0.468 e. The number of esters is 1. The SMILES string of the molecule is CCCCNC(=O)C(C)N1CC(O)CC1C(=O)OC. The maximum atomic E-state index is 12.0. The molecule has 3 atom stereocenters. The van der Waals surface area contributed by atoms with E-state index in [0.717, 1.165) is 12.8 Å². The third kappa shape index (κ3) is 4.18. The molecule has 0 aromatic carbocycles. The number of nitrogens with one attached hydrogen (secondary N) is 1. The number of rotatable bonds is 6. The summed E-state index contributed by atoms with van der Waals surface area (Å²) in [5.41, 5.74) is 0. The monoisotopic (exact) mass is 272 g/mol. The molecule has 110 valence electrons. The number of aliphatic hydroxyl groups is 1. The van der Waals surface area contributed by atoms with Crippen molar-refractivity contribution in [2.75, 3.05) is 20.2 Å². The van der Waals surface area contributed by atoms with E-state index < -0.39 is 24.2 Å². The number of carbonyl (C=O) groups excluding carboxylic acids is 2. The summed E-state index contributed by atoms with van der Waals surface area (Å²) in [6.07, 6.45) is 1.68. The summed E-state index contributed by atoms with van der Waals surface area (Å²) in [6.45, 7) is 4.76. The number of amides is 1. The first-order valence-electron chi connectivity index (χ1n) is 6.80. The Balaban J connectivity index is 2.60. The van der Waals surface area contributed by atoms with Gasteiger partial charge in [0.2, 0.25) is 5.91 Å². The molecule has 0 saturated carbocycles. The van der Waals surface area contributed by atoms with Gasteiger partial charge < -0.3 is 15.2 Å². The Hall–Kier alpha value is -1.14. The highest BCUT2D eigenvalue weighted by molar-refractivity contribution is 5.83. The lowest BCUT2D eigenvalue weighted by Gasteiger charge is -2.27. The van der Waals surface area contributed by atoms with E-state index >= 15 is 0 Å². The van der Waals surface area contributed by atoms with Crippen LogP contribution in [0.5, 0.6) is 0 Å². The van der Waals surface area contributed by atoms with E-state index in [9.17, 15) is 14.7 Å². The van der Waals surface area contributed by atoms with Gasteiger partial charge in [-0.25, -0.2) is 0 Å². The molecule has 1 saturated heterocycles. The Morgan fingerprint density at radius 1 is 1.53 bits per heavy atom. The second-order valence-corrected chi connectivity index (χ2v) is 4.95. The molecule has 6 nitrogen and oxygen atoms in total. The first-order valence-corrected chi connectivity index (χ1v) is 6.80. The summed E-state index contributed by atoms with van der Waals surface area (Å²) in [7, 11) is 1.32. The zero-order valence-electron chi connectivity index (χ0n) is 11.9. The summed E-state index contributed by atoms with van der Waals surface area (Å²) in [6, 6.07) is -0.981. The minimum absolute atomic E-state index is 0.114. The Kier molecular flexibility index (Phi) is 6.24. The normalized spacial score (nSPS) is 25.1. The molecule has 2 N–H and O–H groups in total. The van der Waals surface area contributed by atoms with Crippen LogP contribution in [0.4, 0.5) is 0 Å². The van der Waals surface area contributed by atoms with E-state index in [1.807, 2.05) is 0 Å². The Morgan fingerprint density at radius 2 is 2.21 bits per heavy atom. The number of methoxy groups -OCH3 is 1. The smallest absolute Gasteiger partial charge is 0.323 e. The van der Waals surface area contributed by atoms with E-state index in [0.29, 0.717) is 19.5 Å². The van der Waals surface area contributed by atoms with Gasteiger partial charge in [-0.1, -0.05) is 13.3 Å². The Morgan fingerprint density at radius 3 is 2.79 bits per heavy atom. The van der Waals surface area contributed by atoms with Gasteiger partial charge in [0.1, 0.15) is 6.04 Å². The van der Waals surface area contributed by atoms with Crippen molar-refractivity contribution in [3.05, 3.63) is 0 Å². The van der Waals surface area contributed by atoms with Gasteiger partial charge in [0.05, 0.1) is 19.3 Å². The number of carbonyl (C=O) groups is 2. The molecule has 0 aliphatic carbocycles. The van der Waals surface area contributed by atoms with Crippen molar-refractivity contribution in [2.45, 2.75) is 51.3 Å². The van der Waals surface area contributed by atoms with Crippen LogP contribution in [0.15, 0.2) is 0 Å². The summed E-state index contributed by atoms with van der Waals surface area (Å²) in [4.78, 5) is 25.3. The predicted molar refractivity (Wildman–Crippen MR) is 70.5 cm³/mol. The van der Waals surface area contributed by atoms with Crippen molar-refractivity contribution in [2.24, 2.45) is 0 Å². The van der Waals surface area contributed by atoms with Crippen molar-refractivity contribution in [3.8, 4) is 0 Å². The number of unbranched alkanes of at least 4 members (excludes halogenated alkanes) is 1. The van der Waals surface area contributed by atoms with Gasteiger partial charge in [0, 0.05) is 19.5 Å². The second kappa shape index (κ2) is 7.45. The molecule has 3 unspecified atom stereocenters. The second-order valence-electron chi connectivity index (χ2n) is 4.95. The molecular weight excluding hydrogens is 248 g/mol. The van der Waals surface area contributed by atoms with E-state index in [1.54, 1.807) is 11.8 Å². The van der Waals surface area contributed by atoms with Gasteiger partial charge in [-0.15, -0.1) is 0 Å². The standard InChI is InChI=1S/C13H24N2O4/c1-4-5-6-14-12(17)9(2)15-8-10(16)7-11(15)13(18)19-3/h9-11,16H,4-8H2,1-3H3,(H,14,17). The summed E-state index contributed by atoms with van der Waals surface area (Å²) in [5.74, 6) is -0.513. The van der Waals surface area contributed by atoms with Crippen LogP contribution in [0, 0.1) is 0 Å². The molecule has 6 heteroatoms. The largest absolute Gasteiger partial charge is 0.468 e. The van der Waals surface area contributed by atoms with Crippen LogP contribution in [0.25, 0.3) is 0 Å². The molecule has 1 aliphatic rings. The molecule has 0 bridgehead atoms. The van der Waals surface area contributed by atoms with Crippen molar-refractivity contribution in [1.29, 1.82) is 0 Å². The molecule has 1 rings (SSSR count). The molecule has 0 aromatic heterocycles. The van der Waals surface area contributed by atoms with Crippen molar-refractivity contribution in [3.63, 3.8) is 0 Å². The van der Waals surface area contributed by atoms with Crippen LogP contribution in [0.3, 0.4) is 0 Å². The third-order valence-corrected chi connectivity index (χ3v) is 3.50. The lowest BCUT2D eigenvalue weighted by Crippen LogP contribution is -2.50. The van der Waals surface area contributed by atoms with Gasteiger partial charge in [-0.05, 0) is 13.3 Å². The number of hydrogen-bond acceptors (Lipinski definition) is 5. The molecule has 1 aliphatic heterocycles. The first kappa shape index (κ1) is 15.9. The van der Waals surface area contributed by atoms with Gasteiger partial charge in [-0.2, -0.15) is 0 Å². The Bertz CT molecular complexity index is 322. The van der Waals surface area contributed by atoms with Gasteiger partial charge in [0.15, 0.2) is 0 Å². The van der Waals surface area contributed by atoms with Crippen LogP contribution in [0.2, 0.25) is 0 Å². The number of hydrogen-bond donors (Lipinski definition) is 2. The van der Waals surface area contributed by atoms with E-state index in [4.69, 9.17) is 4.74 Å². The van der Waals surface area contributed by atoms with Gasteiger partial charge in [-0.3, -0.25) is 14.5 Å². The fourth-order valence-electron chi connectivity index (χ4n) is 2.32. The Labute approximate surface area is 114 Å². The molecule has 0 spiro atoms. The molecule has 1 heterocycles. The minimum atomic E-state index is -0.588. The number of β-amino-alcohol motifs (C(OH)–C–C–N with tert-alkyl or cyclic N) is 1. The quantitative estimate of drug-likeness (QED) is 0.521. The summed E-state index contributed by atoms with van der Waals surface area (Å²) in [5, 5.41) is 12.5. The predicted octanol–water partition coefficient (Wildman–Crippen LogP) is -0.101. The highest BCUT2D eigenvalue weighted by atomic mass is 16.5. The molecule has 1 amide bonds. The van der Waals surface area contributed by atoms with Gasteiger partial charge in [0.25, 0.3) is 0 Å². The first-order chi connectivity index (χ1) is 9.01. The highest BCUT2D eigenvalue weighted by Crippen LogP contribution is 2.21. The number of likely N-dealkylation sites (tertiary alicyclic amines) is 1. The van der Waals surface area contributed by atoms with Gasteiger partial charge >= 0.3 is 5.97 Å². The van der Waals surface area contributed by atoms with E-state index in [-0.39, 0.29) is 5.91 Å². The zero-order chi connectivity index (χ0) is 14.4. The van der Waals surface area contributed by atoms with Crippen molar-refractivity contribution < 1.29 is 19.4 Å². The average Bonchev–Trinajstić information content (AvgIpc) is 2.79. The number of aliphatic hydroxyl groups excluding tert-OH is 1. The summed E-state index contributed by atoms with van der Waals surface area (Å²) < 4.78 is 4.72. The van der Waals surface area contributed by atoms with Crippen LogP contribution in [-0.2, 0) is 14.3 Å². The van der Waals surface area contributed by atoms with E-state index in [2.05, 4.69) is 12.2 Å². The molecule has 0 aromatic rings. The molecule has 19 heavy (non-hydrogen) atoms. The van der Waals surface area contributed by atoms with Crippen LogP contribution < -0.4 is 5.32 Å². The lowest BCUT2D eigenvalue weighted by molar-refractivity contribution is -0.147. The van der Waals surface area contributed by atoms with Crippen LogP contribution >= 0.6 is 0 Å². The molecule has 0 radical (unpaired) electrons. The fraction of sp³-hybridized carbons (Fsp3) is 0.846. The average molecular weight is 272 g/mol. The van der Waals surface area contributed by atoms with E-state index in [1.165, 1.54) is 7.11 Å². The number of ether oxygens (including phenoxy) is 1. The maximum Gasteiger partial charge on any atom is 0.323 e. The lowest BCUT2D eigenvalue weighted by atomic mass is 10.2. The highest BCUT2D eigenvalue weighted by Gasteiger charge is 2.41. The molecular formula is C13H24N2O4. The molecule has 1 fully saturated rings. The topological polar surface area (TPSA) is 78.9 Å². The van der Waals surface area contributed by atoms with Crippen molar-refractivity contribution >= 4 is 11.9 Å². The maximum absolute atomic E-state index is 12.0. The van der Waals surface area contributed by atoms with Crippen LogP contribution in [-0.4, -0.2) is 60.3 Å². The third-order valence-electron chi connectivity index (χ3n) is 3.50. The number of nitrogens with zero attached hydrogens (tertiary/aromatic N) is 1.